The summed E-state index contributed by atoms with van der Waals surface area (Å²) in [7, 11) is 0. The second-order valence-electron chi connectivity index (χ2n) is 3.62. The fraction of sp³-hybridized carbons (Fsp3) is 0.455. The average molecular weight is 181 g/mol. The summed E-state index contributed by atoms with van der Waals surface area (Å²) in [5.74, 6) is 0.477. The summed E-state index contributed by atoms with van der Waals surface area (Å²) in [6, 6.07) is 6.87. The molecule has 0 spiro atoms. The van der Waals surface area contributed by atoms with E-state index in [1.54, 1.807) is 6.07 Å². The molecule has 1 rings (SSSR count). The standard InChI is InChI=1S/C11H16FN/c1-9(2)7-13-8-10-5-3-4-6-11(10)12/h3-6,9,13H,7-8H2,1-2H3. The highest BCUT2D eigenvalue weighted by atomic mass is 19.1. The molecular formula is C11H16FN. The summed E-state index contributed by atoms with van der Waals surface area (Å²) in [6.45, 7) is 5.81. The van der Waals surface area contributed by atoms with Crippen LogP contribution in [-0.2, 0) is 6.54 Å². The third-order valence-corrected chi connectivity index (χ3v) is 1.83. The van der Waals surface area contributed by atoms with Crippen LogP contribution in [0.4, 0.5) is 4.39 Å². The van der Waals surface area contributed by atoms with E-state index in [1.165, 1.54) is 6.07 Å². The molecule has 13 heavy (non-hydrogen) atoms. The third-order valence-electron chi connectivity index (χ3n) is 1.83. The van der Waals surface area contributed by atoms with Crippen LogP contribution in [0.2, 0.25) is 0 Å². The van der Waals surface area contributed by atoms with Gasteiger partial charge in [0.15, 0.2) is 0 Å². The maximum absolute atomic E-state index is 13.1. The van der Waals surface area contributed by atoms with Crippen molar-refractivity contribution in [1.82, 2.24) is 5.32 Å². The fourth-order valence-corrected chi connectivity index (χ4v) is 1.14. The van der Waals surface area contributed by atoms with E-state index in [-0.39, 0.29) is 5.82 Å². The molecule has 0 aliphatic heterocycles. The van der Waals surface area contributed by atoms with Gasteiger partial charge in [-0.05, 0) is 18.5 Å². The van der Waals surface area contributed by atoms with Gasteiger partial charge in [0, 0.05) is 12.1 Å². The monoisotopic (exact) mass is 181 g/mol. The zero-order valence-corrected chi connectivity index (χ0v) is 8.18. The van der Waals surface area contributed by atoms with Gasteiger partial charge in [-0.25, -0.2) is 4.39 Å². The maximum Gasteiger partial charge on any atom is 0.127 e. The van der Waals surface area contributed by atoms with Crippen molar-refractivity contribution in [2.24, 2.45) is 5.92 Å². The second kappa shape index (κ2) is 4.97. The van der Waals surface area contributed by atoms with Crippen LogP contribution in [0.25, 0.3) is 0 Å². The van der Waals surface area contributed by atoms with Gasteiger partial charge in [0.1, 0.15) is 5.82 Å². The maximum atomic E-state index is 13.1. The molecule has 0 saturated carbocycles. The molecule has 0 fully saturated rings. The lowest BCUT2D eigenvalue weighted by molar-refractivity contribution is 0.535. The molecule has 0 aliphatic rings. The molecule has 2 heteroatoms. The van der Waals surface area contributed by atoms with Crippen molar-refractivity contribution in [3.05, 3.63) is 35.6 Å². The van der Waals surface area contributed by atoms with Crippen LogP contribution in [0.5, 0.6) is 0 Å². The van der Waals surface area contributed by atoms with Crippen molar-refractivity contribution in [2.45, 2.75) is 20.4 Å². The van der Waals surface area contributed by atoms with Gasteiger partial charge in [0.05, 0.1) is 0 Å². The number of hydrogen-bond acceptors (Lipinski definition) is 1. The predicted molar refractivity (Wildman–Crippen MR) is 52.9 cm³/mol. The summed E-state index contributed by atoms with van der Waals surface area (Å²) in [6.07, 6.45) is 0. The summed E-state index contributed by atoms with van der Waals surface area (Å²) >= 11 is 0. The molecule has 0 aliphatic carbocycles. The van der Waals surface area contributed by atoms with Gasteiger partial charge >= 0.3 is 0 Å². The van der Waals surface area contributed by atoms with Gasteiger partial charge in [-0.3, -0.25) is 0 Å². The number of halogens is 1. The minimum Gasteiger partial charge on any atom is -0.312 e. The van der Waals surface area contributed by atoms with Crippen molar-refractivity contribution >= 4 is 0 Å². The molecule has 1 N–H and O–H groups in total. The van der Waals surface area contributed by atoms with Crippen LogP contribution in [0.3, 0.4) is 0 Å². The Labute approximate surface area is 79.0 Å². The quantitative estimate of drug-likeness (QED) is 0.752. The third kappa shape index (κ3) is 3.55. The summed E-state index contributed by atoms with van der Waals surface area (Å²) in [5, 5.41) is 3.20. The molecule has 0 atom stereocenters. The van der Waals surface area contributed by atoms with E-state index in [1.807, 2.05) is 12.1 Å². The largest absolute Gasteiger partial charge is 0.312 e. The fourth-order valence-electron chi connectivity index (χ4n) is 1.14. The Balaban J connectivity index is 2.41. The summed E-state index contributed by atoms with van der Waals surface area (Å²) in [4.78, 5) is 0. The first kappa shape index (κ1) is 10.2. The van der Waals surface area contributed by atoms with E-state index in [0.29, 0.717) is 12.5 Å². The Hall–Kier alpha value is -0.890. The van der Waals surface area contributed by atoms with Crippen molar-refractivity contribution in [1.29, 1.82) is 0 Å². The first-order valence-corrected chi connectivity index (χ1v) is 4.64. The Morgan fingerprint density at radius 3 is 2.62 bits per heavy atom. The normalized spacial score (nSPS) is 10.8. The van der Waals surface area contributed by atoms with Crippen LogP contribution < -0.4 is 5.32 Å². The Bertz CT molecular complexity index is 258. The van der Waals surface area contributed by atoms with Crippen molar-refractivity contribution in [2.75, 3.05) is 6.54 Å². The molecule has 0 heterocycles. The van der Waals surface area contributed by atoms with Crippen LogP contribution in [0.15, 0.2) is 24.3 Å². The van der Waals surface area contributed by atoms with Crippen molar-refractivity contribution < 1.29 is 4.39 Å². The molecule has 0 radical (unpaired) electrons. The summed E-state index contributed by atoms with van der Waals surface area (Å²) < 4.78 is 13.1. The van der Waals surface area contributed by atoms with Gasteiger partial charge in [-0.15, -0.1) is 0 Å². The van der Waals surface area contributed by atoms with Gasteiger partial charge in [-0.1, -0.05) is 32.0 Å². The first-order valence-electron chi connectivity index (χ1n) is 4.64. The smallest absolute Gasteiger partial charge is 0.127 e. The predicted octanol–water partition coefficient (Wildman–Crippen LogP) is 2.57. The highest BCUT2D eigenvalue weighted by Gasteiger charge is 1.99. The summed E-state index contributed by atoms with van der Waals surface area (Å²) in [5.41, 5.74) is 0.739. The van der Waals surface area contributed by atoms with Crippen molar-refractivity contribution in [3.8, 4) is 0 Å². The lowest BCUT2D eigenvalue weighted by Crippen LogP contribution is -2.19. The SMILES string of the molecule is CC(C)CNCc1ccccc1F. The highest BCUT2D eigenvalue weighted by molar-refractivity contribution is 5.16. The van der Waals surface area contributed by atoms with E-state index >= 15 is 0 Å². The molecule has 1 nitrogen and oxygen atoms in total. The lowest BCUT2D eigenvalue weighted by atomic mass is 10.2. The van der Waals surface area contributed by atoms with Crippen LogP contribution >= 0.6 is 0 Å². The van der Waals surface area contributed by atoms with Gasteiger partial charge in [0.2, 0.25) is 0 Å². The molecule has 1 aromatic carbocycles. The lowest BCUT2D eigenvalue weighted by Gasteiger charge is -2.07. The zero-order valence-electron chi connectivity index (χ0n) is 8.18. The topological polar surface area (TPSA) is 12.0 Å². The Kier molecular flexibility index (Phi) is 3.90. The molecule has 0 bridgehead atoms. The van der Waals surface area contributed by atoms with Crippen LogP contribution in [-0.4, -0.2) is 6.54 Å². The number of hydrogen-bond donors (Lipinski definition) is 1. The van der Waals surface area contributed by atoms with Gasteiger partial charge < -0.3 is 5.32 Å². The van der Waals surface area contributed by atoms with Crippen LogP contribution in [0, 0.1) is 11.7 Å². The molecule has 0 amide bonds. The Morgan fingerprint density at radius 2 is 2.00 bits per heavy atom. The van der Waals surface area contributed by atoms with E-state index < -0.39 is 0 Å². The average Bonchev–Trinajstić information content (AvgIpc) is 2.08. The molecule has 0 saturated heterocycles. The van der Waals surface area contributed by atoms with E-state index in [4.69, 9.17) is 0 Å². The van der Waals surface area contributed by atoms with Crippen molar-refractivity contribution in [3.63, 3.8) is 0 Å². The molecular weight excluding hydrogens is 165 g/mol. The second-order valence-corrected chi connectivity index (χ2v) is 3.62. The minimum absolute atomic E-state index is 0.126. The first-order chi connectivity index (χ1) is 6.20. The van der Waals surface area contributed by atoms with E-state index in [2.05, 4.69) is 19.2 Å². The molecule has 1 aromatic rings. The Morgan fingerprint density at radius 1 is 1.31 bits per heavy atom. The number of rotatable bonds is 4. The number of benzene rings is 1. The van der Waals surface area contributed by atoms with E-state index in [0.717, 1.165) is 12.1 Å². The van der Waals surface area contributed by atoms with Gasteiger partial charge in [0.25, 0.3) is 0 Å². The van der Waals surface area contributed by atoms with Crippen LogP contribution in [0.1, 0.15) is 19.4 Å². The number of nitrogens with one attached hydrogen (secondary N) is 1. The minimum atomic E-state index is -0.126. The molecule has 0 aromatic heterocycles. The highest BCUT2D eigenvalue weighted by Crippen LogP contribution is 2.05. The molecule has 72 valence electrons. The van der Waals surface area contributed by atoms with Gasteiger partial charge in [-0.2, -0.15) is 0 Å². The van der Waals surface area contributed by atoms with E-state index in [9.17, 15) is 4.39 Å². The zero-order chi connectivity index (χ0) is 9.68. The molecule has 0 unspecified atom stereocenters.